The van der Waals surface area contributed by atoms with Gasteiger partial charge in [-0.25, -0.2) is 9.48 Å². The van der Waals surface area contributed by atoms with Gasteiger partial charge in [-0.3, -0.25) is 4.40 Å². The third kappa shape index (κ3) is 3.15. The van der Waals surface area contributed by atoms with Crippen LogP contribution in [0.1, 0.15) is 0 Å². The Balaban J connectivity index is 0.00000162. The molecule has 18 heavy (non-hydrogen) atoms. The molecule has 0 unspecified atom stereocenters. The van der Waals surface area contributed by atoms with Crippen molar-refractivity contribution in [1.29, 1.82) is 0 Å². The Bertz CT molecular complexity index is 634. The van der Waals surface area contributed by atoms with E-state index >= 15 is 0 Å². The van der Waals surface area contributed by atoms with E-state index in [2.05, 4.69) is 11.7 Å². The topological polar surface area (TPSA) is 39.3 Å². The Morgan fingerprint density at radius 2 is 2.06 bits per heavy atom. The van der Waals surface area contributed by atoms with Gasteiger partial charge in [-0.05, 0) is 12.1 Å². The molecule has 4 nitrogen and oxygen atoms in total. The third-order valence-electron chi connectivity index (χ3n) is 2.30. The average molecular weight is 281 g/mol. The van der Waals surface area contributed by atoms with Gasteiger partial charge in [-0.2, -0.15) is 0 Å². The fourth-order valence-electron chi connectivity index (χ4n) is 1.37. The summed E-state index contributed by atoms with van der Waals surface area (Å²) in [7, 11) is 0. The molecule has 0 aliphatic rings. The Hall–Kier alpha value is -0.349. The third-order valence-corrected chi connectivity index (χ3v) is 2.30. The first-order valence-electron chi connectivity index (χ1n) is 4.81. The molecule has 2 heterocycles. The second-order valence-electron chi connectivity index (χ2n) is 3.60. The molecule has 0 fully saturated rings. The molecule has 0 N–H and O–H groups in total. The van der Waals surface area contributed by atoms with Gasteiger partial charge >= 0.3 is 64.1 Å². The van der Waals surface area contributed by atoms with Crippen molar-refractivity contribution in [3.05, 3.63) is 46.9 Å². The van der Waals surface area contributed by atoms with E-state index in [1.54, 1.807) is 18.2 Å². The summed E-state index contributed by atoms with van der Waals surface area (Å²) in [6.07, 6.45) is 1.45. The van der Waals surface area contributed by atoms with E-state index in [1.807, 2.05) is 0 Å². The van der Waals surface area contributed by atoms with Crippen LogP contribution in [0.5, 0.6) is 0 Å². The summed E-state index contributed by atoms with van der Waals surface area (Å²) in [5.41, 5.74) is -1.25. The van der Waals surface area contributed by atoms with Crippen LogP contribution in [0, 0.1) is 0 Å². The Labute approximate surface area is 143 Å². The predicted molar refractivity (Wildman–Crippen MR) is 57.7 cm³/mol. The Kier molecular flexibility index (Phi) is 5.01. The predicted octanol–water partition coefficient (Wildman–Crippen LogP) is -1.56. The molecule has 0 spiro atoms. The molecule has 0 saturated heterocycles. The summed E-state index contributed by atoms with van der Waals surface area (Å²) in [5.74, 6) is 0. The van der Waals surface area contributed by atoms with Gasteiger partial charge < -0.3 is 12.9 Å². The van der Waals surface area contributed by atoms with Crippen molar-refractivity contribution in [3.8, 4) is 0 Å². The number of hydrogen-bond acceptors (Lipinski definition) is 2. The van der Waals surface area contributed by atoms with Crippen molar-refractivity contribution >= 4 is 12.6 Å². The molecule has 0 aliphatic carbocycles. The summed E-state index contributed by atoms with van der Waals surface area (Å²) in [4.78, 5) is 11.7. The first-order valence-corrected chi connectivity index (χ1v) is 4.81. The molecule has 90 valence electrons. The summed E-state index contributed by atoms with van der Waals surface area (Å²) >= 11 is 0. The molecule has 0 amide bonds. The van der Waals surface area contributed by atoms with Crippen LogP contribution in [0.3, 0.4) is 0 Å². The molecule has 0 radical (unpaired) electrons. The molecule has 2 aromatic heterocycles. The SMILES string of the molecule is C=C(Cn1nc2ccccn2c1=O)[B-](F)(F)F.[K+]. The number of hydrogen-bond donors (Lipinski definition) is 0. The fraction of sp³-hybridized carbons (Fsp3) is 0.111. The van der Waals surface area contributed by atoms with E-state index in [0.29, 0.717) is 5.65 Å². The zero-order valence-electron chi connectivity index (χ0n) is 9.68. The first-order chi connectivity index (χ1) is 7.89. The second kappa shape index (κ2) is 5.74. The van der Waals surface area contributed by atoms with Crippen LogP contribution in [0.25, 0.3) is 5.65 Å². The zero-order valence-corrected chi connectivity index (χ0v) is 12.8. The molecule has 0 saturated carbocycles. The maximum absolute atomic E-state index is 12.3. The van der Waals surface area contributed by atoms with Crippen LogP contribution in [0.2, 0.25) is 0 Å². The van der Waals surface area contributed by atoms with Gasteiger partial charge in [0.15, 0.2) is 5.65 Å². The van der Waals surface area contributed by atoms with Gasteiger partial charge in [-0.15, -0.1) is 17.2 Å². The van der Waals surface area contributed by atoms with Gasteiger partial charge in [0.1, 0.15) is 0 Å². The standard InChI is InChI=1S/C9H8BF3N3O.K/c1-7(10(11,12)13)6-16-9(17)15-5-3-2-4-8(15)14-16;/h2-5H,1,6H2;/q-1;+1. The van der Waals surface area contributed by atoms with Crippen molar-refractivity contribution in [3.63, 3.8) is 0 Å². The monoisotopic (exact) mass is 281 g/mol. The molecule has 0 aliphatic heterocycles. The maximum atomic E-state index is 12.3. The van der Waals surface area contributed by atoms with Crippen LogP contribution in [0.4, 0.5) is 12.9 Å². The number of fused-ring (bicyclic) bond motifs is 1. The quantitative estimate of drug-likeness (QED) is 0.639. The summed E-state index contributed by atoms with van der Waals surface area (Å²) < 4.78 is 38.9. The molecular formula is C9H8BF3KN3O. The number of halogens is 3. The van der Waals surface area contributed by atoms with E-state index in [-0.39, 0.29) is 51.4 Å². The van der Waals surface area contributed by atoms with Crippen LogP contribution >= 0.6 is 0 Å². The van der Waals surface area contributed by atoms with Crippen LogP contribution in [-0.4, -0.2) is 21.2 Å². The summed E-state index contributed by atoms with van der Waals surface area (Å²) in [6.45, 7) is -2.86. The van der Waals surface area contributed by atoms with Crippen LogP contribution in [-0.2, 0) is 6.54 Å². The van der Waals surface area contributed by atoms with E-state index in [9.17, 15) is 17.7 Å². The number of rotatable bonds is 3. The summed E-state index contributed by atoms with van der Waals surface area (Å²) in [5, 5.41) is 3.78. The van der Waals surface area contributed by atoms with E-state index in [0.717, 1.165) is 4.68 Å². The Morgan fingerprint density at radius 3 is 2.61 bits per heavy atom. The van der Waals surface area contributed by atoms with Gasteiger partial charge in [0, 0.05) is 12.7 Å². The first kappa shape index (κ1) is 15.7. The minimum atomic E-state index is -5.15. The number of aromatic nitrogens is 3. The van der Waals surface area contributed by atoms with Gasteiger partial charge in [0.25, 0.3) is 0 Å². The van der Waals surface area contributed by atoms with Crippen LogP contribution in [0.15, 0.2) is 41.2 Å². The smallest absolute Gasteiger partial charge is 0.445 e. The zero-order chi connectivity index (χ0) is 12.6. The van der Waals surface area contributed by atoms with E-state index < -0.39 is 24.7 Å². The minimum absolute atomic E-state index is 0. The molecule has 0 aromatic carbocycles. The number of pyridine rings is 1. The largest absolute Gasteiger partial charge is 1.00 e. The molecule has 2 aromatic rings. The average Bonchev–Trinajstić information content (AvgIpc) is 2.55. The van der Waals surface area contributed by atoms with Crippen molar-refractivity contribution < 1.29 is 64.3 Å². The Morgan fingerprint density at radius 1 is 1.39 bits per heavy atom. The van der Waals surface area contributed by atoms with Gasteiger partial charge in [0.2, 0.25) is 0 Å². The van der Waals surface area contributed by atoms with Crippen molar-refractivity contribution in [2.75, 3.05) is 0 Å². The second-order valence-corrected chi connectivity index (χ2v) is 3.60. The molecular weight excluding hydrogens is 273 g/mol. The maximum Gasteiger partial charge on any atom is 1.00 e. The summed E-state index contributed by atoms with van der Waals surface area (Å²) in [6, 6.07) is 4.79. The number of nitrogens with zero attached hydrogens (tertiary/aromatic N) is 3. The molecule has 2 rings (SSSR count). The molecule has 0 bridgehead atoms. The van der Waals surface area contributed by atoms with E-state index in [4.69, 9.17) is 0 Å². The normalized spacial score (nSPS) is 11.3. The minimum Gasteiger partial charge on any atom is -0.445 e. The fourth-order valence-corrected chi connectivity index (χ4v) is 1.37. The van der Waals surface area contributed by atoms with Gasteiger partial charge in [0.05, 0.1) is 0 Å². The van der Waals surface area contributed by atoms with E-state index in [1.165, 1.54) is 10.6 Å². The molecule has 0 atom stereocenters. The van der Waals surface area contributed by atoms with Crippen molar-refractivity contribution in [2.45, 2.75) is 6.54 Å². The van der Waals surface area contributed by atoms with Crippen molar-refractivity contribution in [1.82, 2.24) is 14.2 Å². The van der Waals surface area contributed by atoms with Crippen molar-refractivity contribution in [2.24, 2.45) is 0 Å². The number of allylic oxidation sites excluding steroid dienone is 1. The molecule has 9 heteroatoms. The van der Waals surface area contributed by atoms with Crippen LogP contribution < -0.4 is 57.1 Å². The van der Waals surface area contributed by atoms with Gasteiger partial charge in [-0.1, -0.05) is 6.07 Å².